The number of halogens is 1. The second-order valence-electron chi connectivity index (χ2n) is 5.08. The molecule has 1 saturated carbocycles. The molecule has 0 atom stereocenters. The number of rotatable bonds is 5. The Bertz CT molecular complexity index is 464. The van der Waals surface area contributed by atoms with E-state index in [1.54, 1.807) is 6.08 Å². The van der Waals surface area contributed by atoms with Crippen molar-refractivity contribution in [2.45, 2.75) is 31.7 Å². The third kappa shape index (κ3) is 4.18. The molecule has 0 aromatic heterocycles. The average Bonchev–Trinajstić information content (AvgIpc) is 2.97. The molecule has 0 aliphatic heterocycles. The number of hydrogen-bond acceptors (Lipinski definition) is 2. The Kier molecular flexibility index (Phi) is 5.80. The van der Waals surface area contributed by atoms with Gasteiger partial charge in [-0.2, -0.15) is 0 Å². The van der Waals surface area contributed by atoms with Crippen molar-refractivity contribution in [3.63, 3.8) is 0 Å². The number of aliphatic hydroxyl groups is 1. The van der Waals surface area contributed by atoms with Gasteiger partial charge in [0.2, 0.25) is 5.91 Å². The molecule has 0 saturated heterocycles. The van der Waals surface area contributed by atoms with E-state index in [-0.39, 0.29) is 12.5 Å². The zero-order valence-corrected chi connectivity index (χ0v) is 13.1. The van der Waals surface area contributed by atoms with Crippen LogP contribution in [0, 0.1) is 0 Å². The van der Waals surface area contributed by atoms with Crippen LogP contribution in [0.2, 0.25) is 0 Å². The zero-order valence-electron chi connectivity index (χ0n) is 11.5. The summed E-state index contributed by atoms with van der Waals surface area (Å²) in [5.74, 6) is -0.00568. The first-order valence-electron chi connectivity index (χ1n) is 7.06. The molecule has 1 aliphatic carbocycles. The summed E-state index contributed by atoms with van der Waals surface area (Å²) in [6.07, 6.45) is 7.90. The van der Waals surface area contributed by atoms with Crippen LogP contribution in [0.1, 0.15) is 31.2 Å². The topological polar surface area (TPSA) is 40.5 Å². The van der Waals surface area contributed by atoms with Crippen molar-refractivity contribution in [2.75, 3.05) is 13.2 Å². The quantitative estimate of drug-likeness (QED) is 0.838. The van der Waals surface area contributed by atoms with Gasteiger partial charge >= 0.3 is 0 Å². The van der Waals surface area contributed by atoms with E-state index in [1.165, 1.54) is 12.8 Å². The van der Waals surface area contributed by atoms with Crippen molar-refractivity contribution in [3.8, 4) is 0 Å². The van der Waals surface area contributed by atoms with Crippen LogP contribution < -0.4 is 0 Å². The average molecular weight is 338 g/mol. The van der Waals surface area contributed by atoms with Crippen LogP contribution in [-0.4, -0.2) is 35.1 Å². The zero-order chi connectivity index (χ0) is 14.4. The number of amides is 1. The molecule has 1 aliphatic rings. The lowest BCUT2D eigenvalue weighted by Gasteiger charge is -2.27. The normalized spacial score (nSPS) is 15.9. The highest BCUT2D eigenvalue weighted by atomic mass is 79.9. The third-order valence-electron chi connectivity index (χ3n) is 3.68. The van der Waals surface area contributed by atoms with Crippen molar-refractivity contribution in [1.29, 1.82) is 0 Å². The lowest BCUT2D eigenvalue weighted by molar-refractivity contribution is -0.128. The Morgan fingerprint density at radius 1 is 1.30 bits per heavy atom. The number of nitrogens with zero attached hydrogens (tertiary/aromatic N) is 1. The Hall–Kier alpha value is -1.13. The van der Waals surface area contributed by atoms with E-state index < -0.39 is 0 Å². The van der Waals surface area contributed by atoms with Gasteiger partial charge in [-0.15, -0.1) is 0 Å². The molecule has 4 heteroatoms. The van der Waals surface area contributed by atoms with Gasteiger partial charge in [0.1, 0.15) is 0 Å². The second kappa shape index (κ2) is 7.60. The first-order valence-corrected chi connectivity index (χ1v) is 7.85. The number of carbonyl (C=O) groups excluding carboxylic acids is 1. The van der Waals surface area contributed by atoms with E-state index in [9.17, 15) is 4.79 Å². The molecule has 0 spiro atoms. The first-order chi connectivity index (χ1) is 9.70. The summed E-state index contributed by atoms with van der Waals surface area (Å²) in [6.45, 7) is 0.447. The van der Waals surface area contributed by atoms with Gasteiger partial charge in [0.05, 0.1) is 6.61 Å². The molecule has 0 radical (unpaired) electrons. The number of hydrogen-bond donors (Lipinski definition) is 1. The molecule has 0 bridgehead atoms. The van der Waals surface area contributed by atoms with Crippen LogP contribution in [0.4, 0.5) is 0 Å². The van der Waals surface area contributed by atoms with Gasteiger partial charge < -0.3 is 10.0 Å². The van der Waals surface area contributed by atoms with Crippen LogP contribution in [-0.2, 0) is 4.79 Å². The fourth-order valence-corrected chi connectivity index (χ4v) is 2.90. The van der Waals surface area contributed by atoms with E-state index in [1.807, 2.05) is 35.2 Å². The number of carbonyl (C=O) groups is 1. The maximum atomic E-state index is 12.3. The number of aliphatic hydroxyl groups excluding tert-OH is 1. The van der Waals surface area contributed by atoms with Gasteiger partial charge in [-0.25, -0.2) is 0 Å². The van der Waals surface area contributed by atoms with Gasteiger partial charge in [-0.3, -0.25) is 4.79 Å². The summed E-state index contributed by atoms with van der Waals surface area (Å²) in [7, 11) is 0. The highest BCUT2D eigenvalue weighted by Gasteiger charge is 2.24. The molecule has 1 aromatic rings. The Morgan fingerprint density at radius 2 is 1.95 bits per heavy atom. The van der Waals surface area contributed by atoms with Gasteiger partial charge in [0, 0.05) is 23.1 Å². The highest BCUT2D eigenvalue weighted by Crippen LogP contribution is 2.23. The predicted molar refractivity (Wildman–Crippen MR) is 84.2 cm³/mol. The molecular weight excluding hydrogens is 318 g/mol. The molecule has 1 fully saturated rings. The molecule has 3 nitrogen and oxygen atoms in total. The smallest absolute Gasteiger partial charge is 0.246 e. The van der Waals surface area contributed by atoms with Crippen molar-refractivity contribution < 1.29 is 9.90 Å². The molecular formula is C16H20BrNO2. The fourth-order valence-electron chi connectivity index (χ4n) is 2.63. The number of benzene rings is 1. The van der Waals surface area contributed by atoms with Gasteiger partial charge in [0.15, 0.2) is 0 Å². The summed E-state index contributed by atoms with van der Waals surface area (Å²) in [5.41, 5.74) is 0.997. The van der Waals surface area contributed by atoms with Crippen LogP contribution in [0.15, 0.2) is 34.8 Å². The minimum Gasteiger partial charge on any atom is -0.395 e. The molecule has 108 valence electrons. The van der Waals surface area contributed by atoms with Gasteiger partial charge in [-0.05, 0) is 36.6 Å². The fraction of sp³-hybridized carbons (Fsp3) is 0.438. The van der Waals surface area contributed by atoms with Crippen LogP contribution >= 0.6 is 15.9 Å². The van der Waals surface area contributed by atoms with Crippen LogP contribution in [0.25, 0.3) is 6.08 Å². The molecule has 0 heterocycles. The summed E-state index contributed by atoms with van der Waals surface area (Å²) >= 11 is 3.39. The first kappa shape index (κ1) is 15.3. The largest absolute Gasteiger partial charge is 0.395 e. The van der Waals surface area contributed by atoms with Crippen LogP contribution in [0.5, 0.6) is 0 Å². The predicted octanol–water partition coefficient (Wildman–Crippen LogP) is 3.23. The van der Waals surface area contributed by atoms with Crippen LogP contribution in [0.3, 0.4) is 0 Å². The molecule has 2 rings (SSSR count). The standard InChI is InChI=1S/C16H20BrNO2/c17-14-8-5-13(6-9-14)7-10-16(20)18(11-12-19)15-3-1-2-4-15/h5-10,15,19H,1-4,11-12H2. The SMILES string of the molecule is O=C(C=Cc1ccc(Br)cc1)N(CCO)C1CCCC1. The Morgan fingerprint density at radius 3 is 2.55 bits per heavy atom. The summed E-state index contributed by atoms with van der Waals surface area (Å²) < 4.78 is 1.02. The van der Waals surface area contributed by atoms with E-state index in [0.717, 1.165) is 22.9 Å². The van der Waals surface area contributed by atoms with E-state index in [2.05, 4.69) is 15.9 Å². The maximum Gasteiger partial charge on any atom is 0.246 e. The molecule has 20 heavy (non-hydrogen) atoms. The second-order valence-corrected chi connectivity index (χ2v) is 5.99. The maximum absolute atomic E-state index is 12.3. The third-order valence-corrected chi connectivity index (χ3v) is 4.21. The Balaban J connectivity index is 2.01. The van der Waals surface area contributed by atoms with Gasteiger partial charge in [0.25, 0.3) is 0 Å². The van der Waals surface area contributed by atoms with E-state index >= 15 is 0 Å². The summed E-state index contributed by atoms with van der Waals surface area (Å²) in [4.78, 5) is 14.1. The molecule has 1 aromatic carbocycles. The molecule has 1 amide bonds. The summed E-state index contributed by atoms with van der Waals surface area (Å²) in [6, 6.07) is 8.11. The lowest BCUT2D eigenvalue weighted by atomic mass is 10.2. The van der Waals surface area contributed by atoms with Crippen molar-refractivity contribution in [2.24, 2.45) is 0 Å². The van der Waals surface area contributed by atoms with Crippen molar-refractivity contribution in [3.05, 3.63) is 40.4 Å². The lowest BCUT2D eigenvalue weighted by Crippen LogP contribution is -2.39. The molecule has 0 unspecified atom stereocenters. The molecule has 1 N–H and O–H groups in total. The Labute approximate surface area is 128 Å². The van der Waals surface area contributed by atoms with E-state index in [0.29, 0.717) is 12.6 Å². The highest BCUT2D eigenvalue weighted by molar-refractivity contribution is 9.10. The summed E-state index contributed by atoms with van der Waals surface area (Å²) in [5, 5.41) is 9.14. The minimum atomic E-state index is -0.00568. The van der Waals surface area contributed by atoms with Crippen molar-refractivity contribution >= 4 is 27.9 Å². The van der Waals surface area contributed by atoms with Gasteiger partial charge in [-0.1, -0.05) is 40.9 Å². The van der Waals surface area contributed by atoms with Crippen molar-refractivity contribution in [1.82, 2.24) is 4.90 Å². The minimum absolute atomic E-state index is 0.00568. The monoisotopic (exact) mass is 337 g/mol. The van der Waals surface area contributed by atoms with E-state index in [4.69, 9.17) is 5.11 Å².